The number of carbonyl (C=O) groups excluding carboxylic acids is 1. The molecule has 0 radical (unpaired) electrons. The van der Waals surface area contributed by atoms with Crippen LogP contribution in [-0.2, 0) is 6.42 Å². The van der Waals surface area contributed by atoms with Crippen LogP contribution in [0.2, 0.25) is 0 Å². The first-order chi connectivity index (χ1) is 12.7. The van der Waals surface area contributed by atoms with Gasteiger partial charge < -0.3 is 15.0 Å². The van der Waals surface area contributed by atoms with Gasteiger partial charge in [-0.15, -0.1) is 0 Å². The molecule has 3 aromatic rings. The molecular formula is C21H19N3O2. The van der Waals surface area contributed by atoms with E-state index in [9.17, 15) is 9.90 Å². The van der Waals surface area contributed by atoms with E-state index in [1.54, 1.807) is 12.4 Å². The van der Waals surface area contributed by atoms with Crippen LogP contribution in [0.4, 0.5) is 0 Å². The molecule has 130 valence electrons. The fourth-order valence-corrected chi connectivity index (χ4v) is 4.30. The molecule has 0 bridgehead atoms. The standard InChI is InChI=1S/C21H19N3O2/c25-19-5-1-3-13-7-9-18-15(20(13)19)4-2-10-24(18)21(26)14-6-8-16-17(11-14)23-12-22-16/h1,3-6,8,11-12,18,25H,2,7,9-10H2,(H,22,23). The van der Waals surface area contributed by atoms with Gasteiger partial charge in [-0.3, -0.25) is 4.79 Å². The smallest absolute Gasteiger partial charge is 0.254 e. The lowest BCUT2D eigenvalue weighted by molar-refractivity contribution is 0.0706. The van der Waals surface area contributed by atoms with Crippen molar-refractivity contribution in [1.29, 1.82) is 0 Å². The molecule has 2 heterocycles. The van der Waals surface area contributed by atoms with Crippen molar-refractivity contribution in [3.05, 3.63) is 65.5 Å². The highest BCUT2D eigenvalue weighted by molar-refractivity contribution is 5.99. The van der Waals surface area contributed by atoms with Gasteiger partial charge in [0.05, 0.1) is 23.4 Å². The summed E-state index contributed by atoms with van der Waals surface area (Å²) in [6, 6.07) is 11.3. The van der Waals surface area contributed by atoms with E-state index >= 15 is 0 Å². The second-order valence-electron chi connectivity index (χ2n) is 6.95. The van der Waals surface area contributed by atoms with Crippen LogP contribution < -0.4 is 0 Å². The molecule has 5 heteroatoms. The predicted octanol–water partition coefficient (Wildman–Crippen LogP) is 3.51. The summed E-state index contributed by atoms with van der Waals surface area (Å²) in [4.78, 5) is 22.5. The summed E-state index contributed by atoms with van der Waals surface area (Å²) in [7, 11) is 0. The number of phenols is 1. The third-order valence-electron chi connectivity index (χ3n) is 5.50. The van der Waals surface area contributed by atoms with E-state index < -0.39 is 0 Å². The van der Waals surface area contributed by atoms with Crippen molar-refractivity contribution in [3.8, 4) is 5.75 Å². The van der Waals surface area contributed by atoms with E-state index in [4.69, 9.17) is 0 Å². The van der Waals surface area contributed by atoms with Crippen molar-refractivity contribution in [2.24, 2.45) is 0 Å². The number of H-pyrrole nitrogens is 1. The molecule has 2 aliphatic rings. The van der Waals surface area contributed by atoms with Gasteiger partial charge in [-0.25, -0.2) is 4.98 Å². The van der Waals surface area contributed by atoms with Gasteiger partial charge in [-0.2, -0.15) is 0 Å². The maximum absolute atomic E-state index is 13.2. The molecule has 1 amide bonds. The zero-order valence-corrected chi connectivity index (χ0v) is 14.3. The number of carbonyl (C=O) groups is 1. The molecule has 2 N–H and O–H groups in total. The average Bonchev–Trinajstić information content (AvgIpc) is 3.14. The van der Waals surface area contributed by atoms with Gasteiger partial charge in [0.25, 0.3) is 5.91 Å². The van der Waals surface area contributed by atoms with E-state index in [1.807, 2.05) is 29.2 Å². The first kappa shape index (κ1) is 15.2. The monoisotopic (exact) mass is 345 g/mol. The van der Waals surface area contributed by atoms with Crippen molar-refractivity contribution in [3.63, 3.8) is 0 Å². The minimum Gasteiger partial charge on any atom is -0.507 e. The van der Waals surface area contributed by atoms with Crippen LogP contribution >= 0.6 is 0 Å². The minimum atomic E-state index is 0.0227. The number of hydrogen-bond donors (Lipinski definition) is 2. The zero-order valence-electron chi connectivity index (χ0n) is 14.3. The van der Waals surface area contributed by atoms with E-state index in [0.29, 0.717) is 17.9 Å². The second-order valence-corrected chi connectivity index (χ2v) is 6.95. The Morgan fingerprint density at radius 3 is 3.12 bits per heavy atom. The number of aryl methyl sites for hydroxylation is 1. The number of benzene rings is 2. The van der Waals surface area contributed by atoms with Crippen molar-refractivity contribution in [2.45, 2.75) is 25.3 Å². The highest BCUT2D eigenvalue weighted by atomic mass is 16.3. The Labute approximate surface area is 151 Å². The molecule has 0 saturated heterocycles. The van der Waals surface area contributed by atoms with E-state index in [2.05, 4.69) is 22.1 Å². The maximum atomic E-state index is 13.2. The Kier molecular flexibility index (Phi) is 3.35. The molecule has 1 aliphatic carbocycles. The number of amides is 1. The lowest BCUT2D eigenvalue weighted by Gasteiger charge is -2.40. The highest BCUT2D eigenvalue weighted by Crippen LogP contribution is 2.41. The number of aromatic nitrogens is 2. The van der Waals surface area contributed by atoms with Gasteiger partial charge in [0.1, 0.15) is 5.75 Å². The topological polar surface area (TPSA) is 69.2 Å². The number of imidazole rings is 1. The minimum absolute atomic E-state index is 0.0227. The molecule has 1 aromatic heterocycles. The molecule has 26 heavy (non-hydrogen) atoms. The predicted molar refractivity (Wildman–Crippen MR) is 99.9 cm³/mol. The maximum Gasteiger partial charge on any atom is 0.254 e. The van der Waals surface area contributed by atoms with Crippen LogP contribution in [0.3, 0.4) is 0 Å². The molecule has 0 spiro atoms. The molecule has 2 aromatic carbocycles. The number of fused-ring (bicyclic) bond motifs is 4. The Balaban J connectivity index is 1.52. The third kappa shape index (κ3) is 2.24. The first-order valence-electron chi connectivity index (χ1n) is 8.98. The molecule has 1 aliphatic heterocycles. The Morgan fingerprint density at radius 2 is 2.19 bits per heavy atom. The first-order valence-corrected chi connectivity index (χ1v) is 8.98. The largest absolute Gasteiger partial charge is 0.507 e. The lowest BCUT2D eigenvalue weighted by Crippen LogP contribution is -2.45. The zero-order chi connectivity index (χ0) is 17.7. The summed E-state index contributed by atoms with van der Waals surface area (Å²) >= 11 is 0. The van der Waals surface area contributed by atoms with Crippen LogP contribution in [0.25, 0.3) is 16.6 Å². The highest BCUT2D eigenvalue weighted by Gasteiger charge is 2.35. The number of aromatic amines is 1. The van der Waals surface area contributed by atoms with E-state index in [-0.39, 0.29) is 11.9 Å². The number of rotatable bonds is 1. The van der Waals surface area contributed by atoms with Crippen LogP contribution in [-0.4, -0.2) is 38.5 Å². The van der Waals surface area contributed by atoms with Gasteiger partial charge >= 0.3 is 0 Å². The summed E-state index contributed by atoms with van der Waals surface area (Å²) in [5, 5.41) is 10.4. The third-order valence-corrected chi connectivity index (χ3v) is 5.50. The van der Waals surface area contributed by atoms with E-state index in [1.165, 1.54) is 5.56 Å². The van der Waals surface area contributed by atoms with Crippen molar-refractivity contribution in [1.82, 2.24) is 14.9 Å². The van der Waals surface area contributed by atoms with Gasteiger partial charge in [0.15, 0.2) is 0 Å². The number of phenolic OH excluding ortho intramolecular Hbond substituents is 1. The van der Waals surface area contributed by atoms with Crippen molar-refractivity contribution in [2.75, 3.05) is 6.54 Å². The summed E-state index contributed by atoms with van der Waals surface area (Å²) in [6.07, 6.45) is 6.39. The van der Waals surface area contributed by atoms with Crippen LogP contribution in [0.5, 0.6) is 5.75 Å². The number of nitrogens with zero attached hydrogens (tertiary/aromatic N) is 2. The van der Waals surface area contributed by atoms with Crippen molar-refractivity contribution < 1.29 is 9.90 Å². The van der Waals surface area contributed by atoms with E-state index in [0.717, 1.165) is 41.4 Å². The lowest BCUT2D eigenvalue weighted by atomic mass is 9.80. The number of nitrogens with one attached hydrogen (secondary N) is 1. The summed E-state index contributed by atoms with van der Waals surface area (Å²) < 4.78 is 0. The average molecular weight is 345 g/mol. The van der Waals surface area contributed by atoms with Gasteiger partial charge in [0.2, 0.25) is 0 Å². The van der Waals surface area contributed by atoms with Gasteiger partial charge in [-0.1, -0.05) is 18.2 Å². The molecule has 5 nitrogen and oxygen atoms in total. The number of hydrogen-bond acceptors (Lipinski definition) is 3. The van der Waals surface area contributed by atoms with Gasteiger partial charge in [0, 0.05) is 17.7 Å². The van der Waals surface area contributed by atoms with Gasteiger partial charge in [-0.05, 0) is 54.7 Å². The molecule has 1 atom stereocenters. The summed E-state index contributed by atoms with van der Waals surface area (Å²) in [6.45, 7) is 0.705. The van der Waals surface area contributed by atoms with Crippen LogP contribution in [0.15, 0.2) is 48.8 Å². The van der Waals surface area contributed by atoms with Crippen LogP contribution in [0, 0.1) is 0 Å². The van der Waals surface area contributed by atoms with Crippen molar-refractivity contribution >= 4 is 22.5 Å². The molecule has 0 fully saturated rings. The normalized spacial score (nSPS) is 19.0. The fraction of sp³-hybridized carbons (Fsp3) is 0.238. The quantitative estimate of drug-likeness (QED) is 0.709. The summed E-state index contributed by atoms with van der Waals surface area (Å²) in [5.41, 5.74) is 5.58. The SMILES string of the molecule is O=C(c1ccc2nc[nH]c2c1)N1CCC=C2c3c(O)cccc3CCC21. The Morgan fingerprint density at radius 1 is 1.27 bits per heavy atom. The molecular weight excluding hydrogens is 326 g/mol. The molecule has 0 saturated carbocycles. The van der Waals surface area contributed by atoms with Crippen LogP contribution in [0.1, 0.15) is 34.3 Å². The summed E-state index contributed by atoms with van der Waals surface area (Å²) in [5.74, 6) is 0.350. The molecule has 1 unspecified atom stereocenters. The second kappa shape index (κ2) is 5.73. The number of aromatic hydroxyl groups is 1. The molecule has 5 rings (SSSR count). The Bertz CT molecular complexity index is 1050. The Hall–Kier alpha value is -3.08. The fourth-order valence-electron chi connectivity index (χ4n) is 4.30.